The van der Waals surface area contributed by atoms with Crippen molar-refractivity contribution in [1.29, 1.82) is 0 Å². The first-order chi connectivity index (χ1) is 13.9. The van der Waals surface area contributed by atoms with Gasteiger partial charge in [0.05, 0.1) is 6.54 Å². The number of aliphatic hydroxyl groups excluding tert-OH is 2. The molecule has 10 heteroatoms. The normalized spacial score (nSPS) is 20.7. The number of nitrogens with zero attached hydrogens (tertiary/aromatic N) is 2. The zero-order valence-corrected chi connectivity index (χ0v) is 15.7. The molecule has 1 atom stereocenters. The van der Waals surface area contributed by atoms with Gasteiger partial charge >= 0.3 is 5.97 Å². The second-order valence-electron chi connectivity index (χ2n) is 6.79. The van der Waals surface area contributed by atoms with Crippen molar-refractivity contribution in [3.05, 3.63) is 47.4 Å². The van der Waals surface area contributed by atoms with E-state index in [1.807, 2.05) is 6.07 Å². The van der Waals surface area contributed by atoms with Crippen molar-refractivity contribution in [2.24, 2.45) is 0 Å². The van der Waals surface area contributed by atoms with Crippen LogP contribution in [0, 0.1) is 0 Å². The van der Waals surface area contributed by atoms with E-state index in [0.29, 0.717) is 26.1 Å². The van der Waals surface area contributed by atoms with E-state index in [4.69, 9.17) is 9.84 Å². The molecule has 10 nitrogen and oxygen atoms in total. The van der Waals surface area contributed by atoms with Crippen LogP contribution in [0.5, 0.6) is 0 Å². The van der Waals surface area contributed by atoms with Crippen LogP contribution in [0.3, 0.4) is 0 Å². The van der Waals surface area contributed by atoms with Crippen LogP contribution < -0.4 is 5.32 Å². The highest BCUT2D eigenvalue weighted by molar-refractivity contribution is 6.19. The Balaban J connectivity index is 1.95. The number of carboxylic acids is 1. The number of amides is 2. The summed E-state index contributed by atoms with van der Waals surface area (Å²) < 4.78 is 5.31. The summed E-state index contributed by atoms with van der Waals surface area (Å²) in [6.45, 7) is 0.119. The summed E-state index contributed by atoms with van der Waals surface area (Å²) in [5.74, 6) is -3.85. The minimum atomic E-state index is -1.48. The highest BCUT2D eigenvalue weighted by atomic mass is 16.5. The zero-order chi connectivity index (χ0) is 21.0. The van der Waals surface area contributed by atoms with Gasteiger partial charge in [0.2, 0.25) is 12.2 Å². The van der Waals surface area contributed by atoms with Gasteiger partial charge in [0.25, 0.3) is 11.8 Å². The number of hydrogen-bond donors (Lipinski definition) is 4. The van der Waals surface area contributed by atoms with Crippen LogP contribution in [-0.4, -0.2) is 75.1 Å². The van der Waals surface area contributed by atoms with E-state index in [2.05, 4.69) is 5.32 Å². The minimum absolute atomic E-state index is 0.00352. The third-order valence-electron chi connectivity index (χ3n) is 4.88. The van der Waals surface area contributed by atoms with Gasteiger partial charge in [-0.25, -0.2) is 0 Å². The Hall–Kier alpha value is -3.11. The van der Waals surface area contributed by atoms with Crippen LogP contribution in [0.25, 0.3) is 0 Å². The van der Waals surface area contributed by atoms with Crippen LogP contribution >= 0.6 is 0 Å². The molecule has 0 aromatic heterocycles. The van der Waals surface area contributed by atoms with Gasteiger partial charge in [-0.15, -0.1) is 0 Å². The molecule has 1 aromatic rings. The third-order valence-corrected chi connectivity index (χ3v) is 4.88. The summed E-state index contributed by atoms with van der Waals surface area (Å²) >= 11 is 0. The highest BCUT2D eigenvalue weighted by Gasteiger charge is 2.44. The molecule has 29 heavy (non-hydrogen) atoms. The molecule has 3 rings (SSSR count). The number of ether oxygens (including phenoxy) is 1. The number of carbonyl (C=O) groups is 3. The molecule has 0 saturated carbocycles. The fourth-order valence-corrected chi connectivity index (χ4v) is 3.43. The molecule has 156 valence electrons. The van der Waals surface area contributed by atoms with Crippen LogP contribution in [0.1, 0.15) is 18.4 Å². The lowest BCUT2D eigenvalue weighted by molar-refractivity contribution is -0.175. The zero-order valence-electron chi connectivity index (χ0n) is 15.7. The topological polar surface area (TPSA) is 140 Å². The first-order valence-electron chi connectivity index (χ1n) is 9.22. The van der Waals surface area contributed by atoms with Crippen molar-refractivity contribution in [2.45, 2.75) is 31.8 Å². The summed E-state index contributed by atoms with van der Waals surface area (Å²) in [5, 5.41) is 32.4. The van der Waals surface area contributed by atoms with E-state index in [1.54, 1.807) is 24.3 Å². The fraction of sp³-hybridized carbons (Fsp3) is 0.421. The second-order valence-corrected chi connectivity index (χ2v) is 6.79. The number of nitrogens with one attached hydrogen (secondary N) is 1. The average molecular weight is 405 g/mol. The smallest absolute Gasteiger partial charge is 0.322 e. The van der Waals surface area contributed by atoms with E-state index in [9.17, 15) is 24.6 Å². The average Bonchev–Trinajstić information content (AvgIpc) is 2.71. The van der Waals surface area contributed by atoms with Crippen LogP contribution in [0.4, 0.5) is 0 Å². The summed E-state index contributed by atoms with van der Waals surface area (Å²) in [5.41, 5.74) is 0.123. The van der Waals surface area contributed by atoms with Gasteiger partial charge in [0.15, 0.2) is 5.57 Å². The molecule has 1 aromatic carbocycles. The Bertz CT molecular complexity index is 805. The van der Waals surface area contributed by atoms with Gasteiger partial charge in [-0.1, -0.05) is 30.3 Å². The lowest BCUT2D eigenvalue weighted by Gasteiger charge is -2.45. The van der Waals surface area contributed by atoms with Crippen LogP contribution in [0.2, 0.25) is 0 Å². The van der Waals surface area contributed by atoms with Crippen molar-refractivity contribution in [2.75, 3.05) is 19.8 Å². The first-order valence-corrected chi connectivity index (χ1v) is 9.22. The van der Waals surface area contributed by atoms with Gasteiger partial charge in [-0.05, 0) is 18.4 Å². The Morgan fingerprint density at radius 2 is 1.83 bits per heavy atom. The maximum atomic E-state index is 13.0. The van der Waals surface area contributed by atoms with Crippen molar-refractivity contribution >= 4 is 17.8 Å². The first kappa shape index (κ1) is 20.6. The van der Waals surface area contributed by atoms with E-state index in [1.165, 1.54) is 4.90 Å². The molecule has 2 aliphatic heterocycles. The summed E-state index contributed by atoms with van der Waals surface area (Å²) in [7, 11) is 0. The summed E-state index contributed by atoms with van der Waals surface area (Å²) in [4.78, 5) is 38.5. The number of hydrogen-bond acceptors (Lipinski definition) is 7. The lowest BCUT2D eigenvalue weighted by atomic mass is 10.0. The lowest BCUT2D eigenvalue weighted by Crippen LogP contribution is -2.60. The molecule has 2 amide bonds. The molecule has 1 saturated heterocycles. The number of aliphatic carboxylic acids is 1. The standard InChI is InChI=1S/C19H23N3O7/c23-14(24)10-20-16(25)15-17(26)21(11-12-4-2-1-3-5-12)19(28)22(18(15)27)13-6-8-29-9-7-13/h1-5,13,19,27-28H,6-11H2,(H,20,25)(H,23,24). The van der Waals surface area contributed by atoms with Gasteiger partial charge in [-0.3, -0.25) is 24.2 Å². The maximum Gasteiger partial charge on any atom is 0.322 e. The quantitative estimate of drug-likeness (QED) is 0.476. The summed E-state index contributed by atoms with van der Waals surface area (Å²) in [6, 6.07) is 8.54. The van der Waals surface area contributed by atoms with Crippen molar-refractivity contribution in [1.82, 2.24) is 15.1 Å². The van der Waals surface area contributed by atoms with Crippen LogP contribution in [-0.2, 0) is 25.7 Å². The number of benzene rings is 1. The largest absolute Gasteiger partial charge is 0.494 e. The van der Waals surface area contributed by atoms with Crippen LogP contribution in [0.15, 0.2) is 41.8 Å². The Morgan fingerprint density at radius 3 is 2.45 bits per heavy atom. The molecule has 2 heterocycles. The SMILES string of the molecule is O=C(O)CNC(=O)C1=C(O)N(C2CCOCC2)C(O)N(Cc2ccccc2)C1=O. The van der Waals surface area contributed by atoms with Gasteiger partial charge in [0, 0.05) is 19.3 Å². The maximum absolute atomic E-state index is 13.0. The fourth-order valence-electron chi connectivity index (χ4n) is 3.43. The number of rotatable bonds is 6. The summed E-state index contributed by atoms with van der Waals surface area (Å²) in [6.07, 6.45) is -0.515. The molecule has 4 N–H and O–H groups in total. The van der Waals surface area contributed by atoms with Crippen molar-refractivity contribution < 1.29 is 34.4 Å². The second kappa shape index (κ2) is 8.93. The molecular formula is C19H23N3O7. The molecule has 1 unspecified atom stereocenters. The van der Waals surface area contributed by atoms with E-state index >= 15 is 0 Å². The molecule has 0 aliphatic carbocycles. The van der Waals surface area contributed by atoms with E-state index in [-0.39, 0.29) is 12.6 Å². The molecule has 1 fully saturated rings. The Kier molecular flexibility index (Phi) is 6.35. The van der Waals surface area contributed by atoms with Gasteiger partial charge < -0.3 is 25.4 Å². The monoisotopic (exact) mass is 405 g/mol. The molecular weight excluding hydrogens is 382 g/mol. The van der Waals surface area contributed by atoms with E-state index in [0.717, 1.165) is 10.5 Å². The van der Waals surface area contributed by atoms with Crippen molar-refractivity contribution in [3.8, 4) is 0 Å². The van der Waals surface area contributed by atoms with E-state index < -0.39 is 42.1 Å². The molecule has 0 bridgehead atoms. The number of aliphatic hydroxyl groups is 2. The van der Waals surface area contributed by atoms with Gasteiger partial charge in [-0.2, -0.15) is 0 Å². The Morgan fingerprint density at radius 1 is 1.17 bits per heavy atom. The number of carboxylic acid groups (broad SMARTS) is 1. The molecule has 0 radical (unpaired) electrons. The van der Waals surface area contributed by atoms with Gasteiger partial charge in [0.1, 0.15) is 6.54 Å². The minimum Gasteiger partial charge on any atom is -0.494 e. The highest BCUT2D eigenvalue weighted by Crippen LogP contribution is 2.30. The predicted octanol–water partition coefficient (Wildman–Crippen LogP) is -0.244. The Labute approximate surface area is 167 Å². The third kappa shape index (κ3) is 4.49. The molecule has 2 aliphatic rings. The predicted molar refractivity (Wildman–Crippen MR) is 99.0 cm³/mol. The number of carbonyl (C=O) groups excluding carboxylic acids is 2. The van der Waals surface area contributed by atoms with Crippen molar-refractivity contribution in [3.63, 3.8) is 0 Å². The molecule has 0 spiro atoms.